The van der Waals surface area contributed by atoms with Crippen molar-refractivity contribution in [1.82, 2.24) is 0 Å². The zero-order valence-electron chi connectivity index (χ0n) is 5.85. The van der Waals surface area contributed by atoms with E-state index in [1.54, 1.807) is 12.1 Å². The first-order chi connectivity index (χ1) is 5.70. The second kappa shape index (κ2) is 4.33. The van der Waals surface area contributed by atoms with Gasteiger partial charge in [0.1, 0.15) is 5.75 Å². The van der Waals surface area contributed by atoms with E-state index in [1.807, 2.05) is 0 Å². The van der Waals surface area contributed by atoms with E-state index in [0.717, 1.165) is 0 Å². The molecule has 0 N–H and O–H groups in total. The first-order valence-corrected chi connectivity index (χ1v) is 3.80. The molecule has 0 fully saturated rings. The maximum Gasteiger partial charge on any atom is 0.308 e. The fraction of sp³-hybridized carbons (Fsp3) is 0. The van der Waals surface area contributed by atoms with Crippen LogP contribution in [-0.4, -0.2) is 0 Å². The molecule has 0 saturated carbocycles. The Morgan fingerprint density at radius 3 is 2.42 bits per heavy atom. The molecule has 0 saturated heterocycles. The summed E-state index contributed by atoms with van der Waals surface area (Å²) in [5, 5.41) is 0. The average molecular weight is 206 g/mol. The van der Waals surface area contributed by atoms with Crippen molar-refractivity contribution in [3.63, 3.8) is 0 Å². The van der Waals surface area contributed by atoms with Crippen LogP contribution in [0.15, 0.2) is 34.8 Å². The fourth-order valence-corrected chi connectivity index (χ4v) is 0.659. The molecule has 0 atom stereocenters. The maximum absolute atomic E-state index is 12.6. The molecule has 0 aliphatic rings. The van der Waals surface area contributed by atoms with Gasteiger partial charge in [0.05, 0.1) is 0 Å². The number of hydrogen-bond donors (Lipinski definition) is 0. The minimum absolute atomic E-state index is 0.324. The molecule has 1 aromatic rings. The van der Waals surface area contributed by atoms with Crippen LogP contribution >= 0.6 is 23.2 Å². The smallest absolute Gasteiger partial charge is 0.308 e. The zero-order valence-corrected chi connectivity index (χ0v) is 7.36. The number of benzene rings is 1. The number of ether oxygens (including phenoxy) is 1. The first kappa shape index (κ1) is 9.36. The van der Waals surface area contributed by atoms with Crippen LogP contribution < -0.4 is 4.74 Å². The van der Waals surface area contributed by atoms with Crippen LogP contribution in [0.1, 0.15) is 0 Å². The highest BCUT2D eigenvalue weighted by atomic mass is 35.5. The van der Waals surface area contributed by atoms with Gasteiger partial charge in [-0.3, -0.25) is 0 Å². The molecular weight excluding hydrogens is 202 g/mol. The van der Waals surface area contributed by atoms with Gasteiger partial charge in [-0.05, 0) is 18.2 Å². The molecule has 0 unspecified atom stereocenters. The van der Waals surface area contributed by atoms with Crippen molar-refractivity contribution < 1.29 is 9.13 Å². The third kappa shape index (κ3) is 2.72. The molecule has 1 radical (unpaired) electrons. The van der Waals surface area contributed by atoms with E-state index in [-0.39, 0.29) is 0 Å². The van der Waals surface area contributed by atoms with Crippen LogP contribution in [0.3, 0.4) is 0 Å². The highest BCUT2D eigenvalue weighted by Crippen LogP contribution is 2.19. The van der Waals surface area contributed by atoms with Crippen molar-refractivity contribution >= 4 is 23.2 Å². The van der Waals surface area contributed by atoms with Crippen LogP contribution in [-0.2, 0) is 0 Å². The molecule has 4 heteroatoms. The predicted octanol–water partition coefficient (Wildman–Crippen LogP) is 3.44. The summed E-state index contributed by atoms with van der Waals surface area (Å²) in [6.07, 6.45) is 0. The van der Waals surface area contributed by atoms with Crippen LogP contribution in [0.25, 0.3) is 0 Å². The Morgan fingerprint density at radius 2 is 1.92 bits per heavy atom. The Kier molecular flexibility index (Phi) is 3.38. The molecule has 63 valence electrons. The normalized spacial score (nSPS) is 9.25. The molecule has 1 rings (SSSR count). The molecule has 0 spiro atoms. The molecule has 0 heterocycles. The molecule has 1 nitrogen and oxygen atoms in total. The molecule has 0 aromatic heterocycles. The van der Waals surface area contributed by atoms with Crippen molar-refractivity contribution in [2.75, 3.05) is 0 Å². The van der Waals surface area contributed by atoms with E-state index in [2.05, 4.69) is 10.8 Å². The number of hydrogen-bond acceptors (Lipinski definition) is 1. The van der Waals surface area contributed by atoms with E-state index in [0.29, 0.717) is 5.75 Å². The van der Waals surface area contributed by atoms with Crippen molar-refractivity contribution in [1.29, 1.82) is 0 Å². The van der Waals surface area contributed by atoms with Crippen molar-refractivity contribution in [3.8, 4) is 5.75 Å². The molecular formula is C8H4Cl2FO. The Labute approximate surface area is 79.4 Å². The molecule has 0 aliphatic heterocycles. The third-order valence-corrected chi connectivity index (χ3v) is 1.34. The van der Waals surface area contributed by atoms with E-state index >= 15 is 0 Å². The van der Waals surface area contributed by atoms with Crippen LogP contribution in [0, 0.1) is 6.07 Å². The number of rotatable bonds is 2. The lowest BCUT2D eigenvalue weighted by molar-refractivity contribution is 0.302. The highest BCUT2D eigenvalue weighted by Gasteiger charge is 2.02. The van der Waals surface area contributed by atoms with Gasteiger partial charge in [0.2, 0.25) is 0 Å². The van der Waals surface area contributed by atoms with E-state index in [9.17, 15) is 4.39 Å². The number of halogens is 3. The summed E-state index contributed by atoms with van der Waals surface area (Å²) in [6, 6.07) is 7.99. The Balaban J connectivity index is 2.72. The average Bonchev–Trinajstić information content (AvgIpc) is 2.06. The summed E-state index contributed by atoms with van der Waals surface area (Å²) in [7, 11) is 0. The van der Waals surface area contributed by atoms with Crippen molar-refractivity contribution in [2.45, 2.75) is 0 Å². The van der Waals surface area contributed by atoms with Gasteiger partial charge in [0, 0.05) is 0 Å². The lowest BCUT2D eigenvalue weighted by Gasteiger charge is -2.00. The van der Waals surface area contributed by atoms with Crippen LogP contribution in [0.4, 0.5) is 4.39 Å². The Morgan fingerprint density at radius 1 is 1.33 bits per heavy atom. The SMILES string of the molecule is FC(Oc1cc[c]cc1)=C(Cl)Cl. The molecule has 0 amide bonds. The molecule has 1 aromatic carbocycles. The fourth-order valence-electron chi connectivity index (χ4n) is 0.582. The first-order valence-electron chi connectivity index (χ1n) is 3.05. The van der Waals surface area contributed by atoms with Gasteiger partial charge in [-0.15, -0.1) is 0 Å². The molecule has 0 bridgehead atoms. The summed E-state index contributed by atoms with van der Waals surface area (Å²) in [5.74, 6) is 0.324. The minimum Gasteiger partial charge on any atom is -0.430 e. The van der Waals surface area contributed by atoms with Gasteiger partial charge in [0.25, 0.3) is 0 Å². The standard InChI is InChI=1S/C8H4Cl2FO/c9-7(10)8(11)12-6-4-2-1-3-5-6/h2-5H. The van der Waals surface area contributed by atoms with Crippen LogP contribution in [0.5, 0.6) is 5.75 Å². The van der Waals surface area contributed by atoms with Gasteiger partial charge in [-0.1, -0.05) is 35.3 Å². The second-order valence-electron chi connectivity index (χ2n) is 1.87. The third-order valence-electron chi connectivity index (χ3n) is 1.04. The van der Waals surface area contributed by atoms with E-state index < -0.39 is 10.5 Å². The largest absolute Gasteiger partial charge is 0.430 e. The minimum atomic E-state index is -1.01. The Hall–Kier alpha value is -0.730. The summed E-state index contributed by atoms with van der Waals surface area (Å²) >= 11 is 10.2. The van der Waals surface area contributed by atoms with Gasteiger partial charge in [-0.25, -0.2) is 0 Å². The monoisotopic (exact) mass is 205 g/mol. The maximum atomic E-state index is 12.6. The summed E-state index contributed by atoms with van der Waals surface area (Å²) in [4.78, 5) is 0. The quantitative estimate of drug-likeness (QED) is 0.673. The zero-order chi connectivity index (χ0) is 8.97. The molecule has 0 aliphatic carbocycles. The lowest BCUT2D eigenvalue weighted by atomic mass is 10.3. The van der Waals surface area contributed by atoms with Crippen LogP contribution in [0.2, 0.25) is 0 Å². The Bertz CT molecular complexity index is 280. The van der Waals surface area contributed by atoms with Gasteiger partial charge >= 0.3 is 6.01 Å². The van der Waals surface area contributed by atoms with Gasteiger partial charge in [-0.2, -0.15) is 4.39 Å². The van der Waals surface area contributed by atoms with Gasteiger partial charge in [0.15, 0.2) is 4.49 Å². The summed E-state index contributed by atoms with van der Waals surface area (Å²) < 4.78 is 16.7. The van der Waals surface area contributed by atoms with E-state index in [1.165, 1.54) is 12.1 Å². The predicted molar refractivity (Wildman–Crippen MR) is 45.7 cm³/mol. The van der Waals surface area contributed by atoms with Gasteiger partial charge < -0.3 is 4.74 Å². The highest BCUT2D eigenvalue weighted by molar-refractivity contribution is 6.56. The summed E-state index contributed by atoms with van der Waals surface area (Å²) in [5.41, 5.74) is 0. The van der Waals surface area contributed by atoms with Crippen molar-refractivity contribution in [3.05, 3.63) is 40.8 Å². The molecule has 12 heavy (non-hydrogen) atoms. The van der Waals surface area contributed by atoms with E-state index in [4.69, 9.17) is 23.2 Å². The summed E-state index contributed by atoms with van der Waals surface area (Å²) in [6.45, 7) is 0. The lowest BCUT2D eigenvalue weighted by Crippen LogP contribution is -1.88. The second-order valence-corrected chi connectivity index (χ2v) is 2.82. The van der Waals surface area contributed by atoms with Crippen molar-refractivity contribution in [2.24, 2.45) is 0 Å². The topological polar surface area (TPSA) is 9.23 Å².